The summed E-state index contributed by atoms with van der Waals surface area (Å²) in [7, 11) is 0. The van der Waals surface area contributed by atoms with E-state index >= 15 is 4.39 Å². The molecule has 4 aromatic rings. The van der Waals surface area contributed by atoms with E-state index in [4.69, 9.17) is 22.1 Å². The summed E-state index contributed by atoms with van der Waals surface area (Å²) in [5.74, 6) is -0.524. The second kappa shape index (κ2) is 12.8. The lowest BCUT2D eigenvalue weighted by molar-refractivity contribution is 0.112. The Bertz CT molecular complexity index is 1580. The second-order valence-corrected chi connectivity index (χ2v) is 10.9. The maximum Gasteiger partial charge on any atom is 0.354 e. The number of halogens is 2. The van der Waals surface area contributed by atoms with Crippen LogP contribution in [0.3, 0.4) is 0 Å². The minimum atomic E-state index is -0.524. The summed E-state index contributed by atoms with van der Waals surface area (Å²) in [5, 5.41) is 3.50. The maximum absolute atomic E-state index is 15.0. The van der Waals surface area contributed by atoms with E-state index in [2.05, 4.69) is 15.3 Å². The number of rotatable bonds is 12. The van der Waals surface area contributed by atoms with Crippen LogP contribution in [-0.4, -0.2) is 57.7 Å². The third-order valence-corrected chi connectivity index (χ3v) is 7.43. The van der Waals surface area contributed by atoms with Crippen molar-refractivity contribution in [2.45, 2.75) is 45.3 Å². The molecular weight excluding hydrogens is 547 g/mol. The van der Waals surface area contributed by atoms with E-state index in [1.165, 1.54) is 4.57 Å². The zero-order chi connectivity index (χ0) is 28.9. The van der Waals surface area contributed by atoms with Crippen LogP contribution in [0.2, 0.25) is 5.02 Å². The fraction of sp³-hybridized carbons (Fsp3) is 0.367. The lowest BCUT2D eigenvalue weighted by atomic mass is 10.0. The van der Waals surface area contributed by atoms with Crippen LogP contribution >= 0.6 is 11.6 Å². The Labute approximate surface area is 242 Å². The Hall–Kier alpha value is -3.73. The predicted octanol–water partition coefficient (Wildman–Crippen LogP) is 4.78. The molecule has 1 atom stereocenters. The number of nitrogens with one attached hydrogen (secondary N) is 2. The van der Waals surface area contributed by atoms with Gasteiger partial charge in [0.15, 0.2) is 5.82 Å². The molecule has 0 radical (unpaired) electrons. The van der Waals surface area contributed by atoms with Crippen molar-refractivity contribution < 1.29 is 13.9 Å². The number of aromatic amines is 1. The minimum Gasteiger partial charge on any atom is -0.377 e. The van der Waals surface area contributed by atoms with E-state index in [-0.39, 0.29) is 17.1 Å². The molecule has 216 valence electrons. The van der Waals surface area contributed by atoms with Crippen LogP contribution in [0.15, 0.2) is 53.5 Å². The molecular formula is C30H34ClFN6O3. The van der Waals surface area contributed by atoms with Gasteiger partial charge in [0.1, 0.15) is 5.65 Å². The fourth-order valence-corrected chi connectivity index (χ4v) is 5.20. The van der Waals surface area contributed by atoms with Crippen LogP contribution in [0.25, 0.3) is 28.0 Å². The highest BCUT2D eigenvalue weighted by molar-refractivity contribution is 6.31. The Morgan fingerprint density at radius 2 is 1.95 bits per heavy atom. The molecule has 1 fully saturated rings. The molecule has 1 saturated heterocycles. The lowest BCUT2D eigenvalue weighted by Crippen LogP contribution is -2.29. The highest BCUT2D eigenvalue weighted by atomic mass is 35.5. The average molecular weight is 581 g/mol. The van der Waals surface area contributed by atoms with E-state index in [0.717, 1.165) is 43.4 Å². The monoisotopic (exact) mass is 580 g/mol. The number of H-pyrrole nitrogens is 1. The number of urea groups is 1. The summed E-state index contributed by atoms with van der Waals surface area (Å²) < 4.78 is 22.3. The highest BCUT2D eigenvalue weighted by Gasteiger charge is 2.18. The quantitative estimate of drug-likeness (QED) is 0.209. The Balaban J connectivity index is 1.27. The lowest BCUT2D eigenvalue weighted by Gasteiger charge is -2.13. The predicted molar refractivity (Wildman–Crippen MR) is 158 cm³/mol. The van der Waals surface area contributed by atoms with Gasteiger partial charge >= 0.3 is 11.7 Å². The van der Waals surface area contributed by atoms with Crippen molar-refractivity contribution in [1.82, 2.24) is 24.8 Å². The van der Waals surface area contributed by atoms with Gasteiger partial charge in [0.25, 0.3) is 0 Å². The summed E-state index contributed by atoms with van der Waals surface area (Å²) in [5.41, 5.74) is 9.14. The maximum atomic E-state index is 15.0. The molecule has 2 amide bonds. The molecule has 0 saturated carbocycles. The first-order valence-corrected chi connectivity index (χ1v) is 14.2. The van der Waals surface area contributed by atoms with Gasteiger partial charge < -0.3 is 25.7 Å². The molecule has 4 N–H and O–H groups in total. The first kappa shape index (κ1) is 28.8. The molecule has 9 nitrogen and oxygen atoms in total. The van der Waals surface area contributed by atoms with Crippen LogP contribution < -0.4 is 16.7 Å². The molecule has 1 aliphatic heterocycles. The number of nitrogens with zero attached hydrogens (tertiary/aromatic N) is 3. The van der Waals surface area contributed by atoms with Crippen molar-refractivity contribution in [3.8, 4) is 16.9 Å². The summed E-state index contributed by atoms with van der Waals surface area (Å²) in [6, 6.07) is 12.7. The Morgan fingerprint density at radius 1 is 1.15 bits per heavy atom. The number of benzene rings is 2. The normalized spacial score (nSPS) is 14.1. The molecule has 5 rings (SSSR count). The molecule has 2 aromatic heterocycles. The van der Waals surface area contributed by atoms with Gasteiger partial charge in [-0.2, -0.15) is 4.98 Å². The van der Waals surface area contributed by atoms with Gasteiger partial charge in [-0.1, -0.05) is 23.7 Å². The van der Waals surface area contributed by atoms with Crippen LogP contribution in [0.5, 0.6) is 0 Å². The molecule has 11 heteroatoms. The van der Waals surface area contributed by atoms with Crippen LogP contribution in [0, 0.1) is 5.82 Å². The Kier molecular flexibility index (Phi) is 9.02. The zero-order valence-corrected chi connectivity index (χ0v) is 23.7. The number of aryl methyl sites for hydroxylation is 1. The van der Waals surface area contributed by atoms with Crippen molar-refractivity contribution in [2.75, 3.05) is 26.2 Å². The number of ether oxygens (including phenoxy) is 1. The van der Waals surface area contributed by atoms with Crippen molar-refractivity contribution in [3.05, 3.63) is 81.1 Å². The van der Waals surface area contributed by atoms with Gasteiger partial charge in [-0.05, 0) is 74.1 Å². The van der Waals surface area contributed by atoms with Gasteiger partial charge in [0.05, 0.1) is 23.0 Å². The SMILES string of the molecule is CC(N)CCCc1cc(Cl)c(F)c(-c2cc3cn(-c4ccc(COCCCN5CCNC5=O)cc4)c(=O)nc3[nH]2)c1. The summed E-state index contributed by atoms with van der Waals surface area (Å²) in [4.78, 5) is 33.5. The zero-order valence-electron chi connectivity index (χ0n) is 23.0. The van der Waals surface area contributed by atoms with E-state index in [1.807, 2.05) is 31.2 Å². The van der Waals surface area contributed by atoms with Crippen molar-refractivity contribution >= 4 is 28.7 Å². The summed E-state index contributed by atoms with van der Waals surface area (Å²) >= 11 is 6.22. The standard InChI is InChI=1S/C30H34ClFN6O3/c1-19(33)4-2-5-21-14-24(27(32)25(31)15-21)26-16-22-17-38(30(40)36-28(22)35-26)23-8-6-20(7-9-23)18-41-13-3-11-37-12-10-34-29(37)39/h6-9,14-17,19H,2-5,10-13,18,33H2,1H3,(H,34,39)(H,35,36,40). The minimum absolute atomic E-state index is 0.0195. The topological polar surface area (TPSA) is 118 Å². The number of nitrogens with two attached hydrogens (primary N) is 1. The fourth-order valence-electron chi connectivity index (χ4n) is 4.96. The number of carbonyl (C=O) groups excluding carboxylic acids is 1. The number of hydrogen-bond donors (Lipinski definition) is 3. The first-order valence-electron chi connectivity index (χ1n) is 13.8. The van der Waals surface area contributed by atoms with Crippen LogP contribution in [-0.2, 0) is 17.8 Å². The van der Waals surface area contributed by atoms with Crippen molar-refractivity contribution in [1.29, 1.82) is 0 Å². The number of aromatic nitrogens is 3. The van der Waals surface area contributed by atoms with Gasteiger partial charge in [-0.25, -0.2) is 14.0 Å². The largest absolute Gasteiger partial charge is 0.377 e. The Morgan fingerprint density at radius 3 is 2.68 bits per heavy atom. The van der Waals surface area contributed by atoms with Crippen LogP contribution in [0.4, 0.5) is 9.18 Å². The number of hydrogen-bond acceptors (Lipinski definition) is 5. The molecule has 1 unspecified atom stereocenters. The van der Waals surface area contributed by atoms with Crippen LogP contribution in [0.1, 0.15) is 37.3 Å². The number of carbonyl (C=O) groups is 1. The first-order chi connectivity index (χ1) is 19.8. The molecule has 0 aliphatic carbocycles. The summed E-state index contributed by atoms with van der Waals surface area (Å²) in [6.07, 6.45) is 4.92. The molecule has 3 heterocycles. The van der Waals surface area contributed by atoms with Gasteiger partial charge in [-0.3, -0.25) is 4.57 Å². The third-order valence-electron chi connectivity index (χ3n) is 7.16. The van der Waals surface area contributed by atoms with Gasteiger partial charge in [0.2, 0.25) is 0 Å². The van der Waals surface area contributed by atoms with E-state index < -0.39 is 11.5 Å². The third kappa shape index (κ3) is 6.95. The van der Waals surface area contributed by atoms with Gasteiger partial charge in [0, 0.05) is 49.4 Å². The number of amides is 2. The molecule has 0 spiro atoms. The van der Waals surface area contributed by atoms with E-state index in [0.29, 0.717) is 54.3 Å². The van der Waals surface area contributed by atoms with Crippen molar-refractivity contribution in [3.63, 3.8) is 0 Å². The molecule has 0 bridgehead atoms. The molecule has 41 heavy (non-hydrogen) atoms. The smallest absolute Gasteiger partial charge is 0.354 e. The highest BCUT2D eigenvalue weighted by Crippen LogP contribution is 2.31. The van der Waals surface area contributed by atoms with Crippen molar-refractivity contribution in [2.24, 2.45) is 5.73 Å². The van der Waals surface area contributed by atoms with E-state index in [9.17, 15) is 9.59 Å². The number of fused-ring (bicyclic) bond motifs is 1. The van der Waals surface area contributed by atoms with E-state index in [1.54, 1.807) is 29.3 Å². The summed E-state index contributed by atoms with van der Waals surface area (Å²) in [6.45, 7) is 5.03. The second-order valence-electron chi connectivity index (χ2n) is 10.5. The van der Waals surface area contributed by atoms with Gasteiger partial charge in [-0.15, -0.1) is 0 Å². The molecule has 1 aliphatic rings. The molecule has 2 aromatic carbocycles. The average Bonchev–Trinajstić information content (AvgIpc) is 3.55.